The number of amides is 1. The van der Waals surface area contributed by atoms with Gasteiger partial charge in [0.05, 0.1) is 0 Å². The maximum absolute atomic E-state index is 12.9. The lowest BCUT2D eigenvalue weighted by atomic mass is 9.94. The molecule has 5 nitrogen and oxygen atoms in total. The van der Waals surface area contributed by atoms with Crippen LogP contribution < -0.4 is 10.2 Å². The van der Waals surface area contributed by atoms with Gasteiger partial charge in [0.15, 0.2) is 0 Å². The second-order valence-electron chi connectivity index (χ2n) is 8.00. The maximum atomic E-state index is 12.9. The highest BCUT2D eigenvalue weighted by atomic mass is 35.5. The van der Waals surface area contributed by atoms with Crippen LogP contribution in [0.5, 0.6) is 0 Å². The lowest BCUT2D eigenvalue weighted by Gasteiger charge is -2.27. The van der Waals surface area contributed by atoms with Crippen LogP contribution in [-0.2, 0) is 15.1 Å². The molecule has 2 N–H and O–H groups in total. The molecular weight excluding hydrogens is 388 g/mol. The Hall–Kier alpha value is -2.37. The largest absolute Gasteiger partial charge is 0.481 e. The van der Waals surface area contributed by atoms with Crippen LogP contribution in [0.2, 0.25) is 5.02 Å². The summed E-state index contributed by atoms with van der Waals surface area (Å²) in [6.45, 7) is 5.26. The van der Waals surface area contributed by atoms with E-state index in [1.54, 1.807) is 11.0 Å². The second kappa shape index (κ2) is 8.97. The van der Waals surface area contributed by atoms with Gasteiger partial charge in [0.1, 0.15) is 0 Å². The van der Waals surface area contributed by atoms with E-state index in [-0.39, 0.29) is 23.8 Å². The number of nitrogens with one attached hydrogen (secondary N) is 1. The van der Waals surface area contributed by atoms with Gasteiger partial charge in [-0.1, -0.05) is 41.9 Å². The molecule has 0 saturated carbocycles. The second-order valence-corrected chi connectivity index (χ2v) is 8.44. The van der Waals surface area contributed by atoms with E-state index in [9.17, 15) is 9.59 Å². The first-order valence-electron chi connectivity index (χ1n) is 9.90. The Morgan fingerprint density at radius 2 is 1.90 bits per heavy atom. The molecule has 2 aromatic rings. The number of carbonyl (C=O) groups excluding carboxylic acids is 1. The van der Waals surface area contributed by atoms with Gasteiger partial charge < -0.3 is 15.3 Å². The predicted molar refractivity (Wildman–Crippen MR) is 116 cm³/mol. The van der Waals surface area contributed by atoms with Crippen molar-refractivity contribution in [1.82, 2.24) is 5.32 Å². The Bertz CT molecular complexity index is 883. The molecule has 0 spiro atoms. The van der Waals surface area contributed by atoms with Crippen LogP contribution in [0.15, 0.2) is 48.5 Å². The topological polar surface area (TPSA) is 69.6 Å². The fraction of sp³-hybridized carbons (Fsp3) is 0.391. The number of nitrogens with zero attached hydrogens (tertiary/aromatic N) is 1. The molecular formula is C23H27ClN2O3. The summed E-state index contributed by atoms with van der Waals surface area (Å²) >= 11 is 6.14. The number of aliphatic carboxylic acids is 1. The Morgan fingerprint density at radius 3 is 2.59 bits per heavy atom. The molecule has 1 amide bonds. The molecule has 154 valence electrons. The van der Waals surface area contributed by atoms with Crippen molar-refractivity contribution in [3.05, 3.63) is 64.7 Å². The minimum atomic E-state index is -0.828. The molecule has 1 heterocycles. The van der Waals surface area contributed by atoms with E-state index in [1.807, 2.05) is 30.3 Å². The number of hydrogen-bond donors (Lipinski definition) is 2. The van der Waals surface area contributed by atoms with E-state index in [2.05, 4.69) is 31.3 Å². The van der Waals surface area contributed by atoms with E-state index in [4.69, 9.17) is 16.7 Å². The summed E-state index contributed by atoms with van der Waals surface area (Å²) in [5.74, 6) is -0.800. The zero-order valence-electron chi connectivity index (χ0n) is 16.8. The summed E-state index contributed by atoms with van der Waals surface area (Å²) in [7, 11) is 0. The van der Waals surface area contributed by atoms with Gasteiger partial charge in [-0.25, -0.2) is 0 Å². The molecule has 0 saturated heterocycles. The van der Waals surface area contributed by atoms with Crippen molar-refractivity contribution >= 4 is 29.2 Å². The highest BCUT2D eigenvalue weighted by Gasteiger charge is 2.32. The molecule has 2 aromatic carbocycles. The van der Waals surface area contributed by atoms with Gasteiger partial charge in [-0.15, -0.1) is 0 Å². The van der Waals surface area contributed by atoms with Gasteiger partial charge in [0.2, 0.25) is 5.91 Å². The van der Waals surface area contributed by atoms with Gasteiger partial charge in [-0.2, -0.15) is 0 Å². The summed E-state index contributed by atoms with van der Waals surface area (Å²) in [6.07, 6.45) is 0.932. The van der Waals surface area contributed by atoms with Gasteiger partial charge >= 0.3 is 5.97 Å². The summed E-state index contributed by atoms with van der Waals surface area (Å²) in [4.78, 5) is 25.7. The minimum absolute atomic E-state index is 0.00234. The van der Waals surface area contributed by atoms with Crippen LogP contribution in [-0.4, -0.2) is 30.1 Å². The van der Waals surface area contributed by atoms with Crippen molar-refractivity contribution in [1.29, 1.82) is 0 Å². The van der Waals surface area contributed by atoms with Crippen LogP contribution >= 0.6 is 11.6 Å². The van der Waals surface area contributed by atoms with E-state index in [0.717, 1.165) is 11.3 Å². The number of rotatable bonds is 8. The molecule has 0 aromatic heterocycles. The molecule has 1 atom stereocenters. The average molecular weight is 415 g/mol. The minimum Gasteiger partial charge on any atom is -0.481 e. The number of hydrogen-bond acceptors (Lipinski definition) is 3. The van der Waals surface area contributed by atoms with Crippen molar-refractivity contribution in [3.8, 4) is 0 Å². The van der Waals surface area contributed by atoms with E-state index in [1.165, 1.54) is 5.56 Å². The first kappa shape index (κ1) is 21.3. The van der Waals surface area contributed by atoms with Crippen LogP contribution in [0.4, 0.5) is 5.69 Å². The van der Waals surface area contributed by atoms with Crippen molar-refractivity contribution in [2.75, 3.05) is 18.0 Å². The van der Waals surface area contributed by atoms with Gasteiger partial charge in [-0.05, 0) is 49.6 Å². The van der Waals surface area contributed by atoms with Crippen LogP contribution in [0, 0.1) is 0 Å². The Morgan fingerprint density at radius 1 is 1.17 bits per heavy atom. The number of carbonyl (C=O) groups is 2. The number of carboxylic acid groups (broad SMARTS) is 1. The van der Waals surface area contributed by atoms with Crippen LogP contribution in [0.3, 0.4) is 0 Å². The van der Waals surface area contributed by atoms with Crippen molar-refractivity contribution < 1.29 is 14.7 Å². The molecule has 0 fully saturated rings. The third-order valence-corrected chi connectivity index (χ3v) is 5.77. The molecule has 0 aliphatic carbocycles. The van der Waals surface area contributed by atoms with E-state index in [0.29, 0.717) is 31.0 Å². The van der Waals surface area contributed by atoms with Crippen molar-refractivity contribution in [2.45, 2.75) is 44.6 Å². The third kappa shape index (κ3) is 5.17. The number of fused-ring (bicyclic) bond motifs is 1. The summed E-state index contributed by atoms with van der Waals surface area (Å²) in [6, 6.07) is 15.6. The van der Waals surface area contributed by atoms with Gasteiger partial charge in [-0.3, -0.25) is 9.59 Å². The Balaban J connectivity index is 1.64. The number of halogens is 1. The van der Waals surface area contributed by atoms with E-state index < -0.39 is 5.97 Å². The zero-order chi connectivity index (χ0) is 21.0. The standard InChI is InChI=1S/C23H27ClN2O3/c1-23(2,17-6-4-3-5-7-17)25-13-12-21(27)26-15-16(8-11-22(28)29)19-14-18(24)9-10-20(19)26/h3-7,9-10,14,16,25H,8,11-13,15H2,1-2H3,(H,28,29). The summed E-state index contributed by atoms with van der Waals surface area (Å²) in [5, 5.41) is 13.1. The smallest absolute Gasteiger partial charge is 0.303 e. The summed E-state index contributed by atoms with van der Waals surface area (Å²) < 4.78 is 0. The monoisotopic (exact) mass is 414 g/mol. The SMILES string of the molecule is CC(C)(NCCC(=O)N1CC(CCC(=O)O)c2cc(Cl)ccc21)c1ccccc1. The fourth-order valence-corrected chi connectivity index (χ4v) is 4.05. The van der Waals surface area contributed by atoms with Crippen LogP contribution in [0.25, 0.3) is 0 Å². The lowest BCUT2D eigenvalue weighted by molar-refractivity contribution is -0.137. The average Bonchev–Trinajstić information content (AvgIpc) is 3.04. The first-order valence-corrected chi connectivity index (χ1v) is 10.3. The van der Waals surface area contributed by atoms with Crippen molar-refractivity contribution in [3.63, 3.8) is 0 Å². The molecule has 3 rings (SSSR count). The van der Waals surface area contributed by atoms with Gasteiger partial charge in [0.25, 0.3) is 0 Å². The number of carboxylic acids is 1. The molecule has 0 bridgehead atoms. The third-order valence-electron chi connectivity index (χ3n) is 5.53. The molecule has 1 aliphatic rings. The molecule has 0 radical (unpaired) electrons. The molecule has 6 heteroatoms. The molecule has 29 heavy (non-hydrogen) atoms. The predicted octanol–water partition coefficient (Wildman–Crippen LogP) is 4.55. The number of anilines is 1. The Labute approximate surface area is 176 Å². The zero-order valence-corrected chi connectivity index (χ0v) is 17.6. The Kier molecular flexibility index (Phi) is 6.60. The van der Waals surface area contributed by atoms with E-state index >= 15 is 0 Å². The lowest BCUT2D eigenvalue weighted by Crippen LogP contribution is -2.39. The van der Waals surface area contributed by atoms with Crippen molar-refractivity contribution in [2.24, 2.45) is 0 Å². The normalized spacial score (nSPS) is 16.0. The number of benzene rings is 2. The highest BCUT2D eigenvalue weighted by Crippen LogP contribution is 2.40. The maximum Gasteiger partial charge on any atom is 0.303 e. The fourth-order valence-electron chi connectivity index (χ4n) is 3.87. The molecule has 1 aliphatic heterocycles. The highest BCUT2D eigenvalue weighted by molar-refractivity contribution is 6.30. The van der Waals surface area contributed by atoms with Gasteiger partial charge in [0, 0.05) is 48.1 Å². The quantitative estimate of drug-likeness (QED) is 0.664. The first-order chi connectivity index (χ1) is 13.8. The summed E-state index contributed by atoms with van der Waals surface area (Å²) in [5.41, 5.74) is 2.74. The van der Waals surface area contributed by atoms with Crippen LogP contribution in [0.1, 0.15) is 50.2 Å². The molecule has 1 unspecified atom stereocenters.